The molecule has 2 aliphatic rings. The number of aromatic nitrogens is 9. The fourth-order valence-electron chi connectivity index (χ4n) is 13.6. The SMILES string of the molecule is CCCCOc1c2c(c(OCCCC)c3ccccc13)-c1nc-2nc2[nH]c(nc3nc(nc4[nH]c(n1)c1c(OCCCC)c5cccnc5c(OCCCC)c41)-c1c-3c(OCCCC)c3cc4ccccc4cc3c1OCCCC)c1c(OCCCC)c3ccccc3c(OCCCC)c21. The molecule has 0 unspecified atom stereocenters. The molecule has 0 radical (unpaired) electrons. The van der Waals surface area contributed by atoms with E-state index in [9.17, 15) is 0 Å². The van der Waals surface area contributed by atoms with Crippen LogP contribution < -0.4 is 37.9 Å². The van der Waals surface area contributed by atoms with Gasteiger partial charge >= 0.3 is 0 Å². The second kappa shape index (κ2) is 30.6. The summed E-state index contributed by atoms with van der Waals surface area (Å²) in [6.07, 6.45) is 15.5. The van der Waals surface area contributed by atoms with Crippen molar-refractivity contribution >= 4 is 98.1 Å². The van der Waals surface area contributed by atoms with Crippen molar-refractivity contribution in [2.45, 2.75) is 158 Å². The standard InChI is InChI=1S/C83H91N9O8/c1-9-17-40-93-68-52-34-27-29-36-54(52)70(95-42-19-11-3)61-59(68)76-85-77-60-62(71(96-43-20-12-4)55-37-30-28-35-53(55)69(60)94-41-18-10-2)79(87-77)89-82-65-66(75(100-47-24-16-8)67-56(38-31-39-84-67)72(65)97-44-21-13-5)83(92-82)91-81-64-63(80(90-81)88-78(61)86-76)73(98-45-22-14-6)57-48-50-32-25-26-33-51(50)49-58(57)74(64)99-46-23-15-7/h25-39,48-49H,9-24,40-47H2,1-8H3,(H2,85,86,87,88,89,90,91,92). The molecule has 2 aliphatic heterocycles. The third kappa shape index (κ3) is 12.6. The second-order valence-electron chi connectivity index (χ2n) is 26.1. The average molecular weight is 1340 g/mol. The molecule has 6 heterocycles. The van der Waals surface area contributed by atoms with Crippen LogP contribution in [0.4, 0.5) is 0 Å². The van der Waals surface area contributed by atoms with Gasteiger partial charge < -0.3 is 47.9 Å². The molecule has 0 amide bonds. The molecule has 17 nitrogen and oxygen atoms in total. The molecule has 8 bridgehead atoms. The molecule has 0 aliphatic carbocycles. The van der Waals surface area contributed by atoms with E-state index < -0.39 is 0 Å². The molecule has 0 spiro atoms. The van der Waals surface area contributed by atoms with Crippen LogP contribution in [-0.4, -0.2) is 97.7 Å². The average Bonchev–Trinajstić information content (AvgIpc) is 1.54. The Balaban J connectivity index is 1.27. The largest absolute Gasteiger partial charge is 0.492 e. The van der Waals surface area contributed by atoms with E-state index in [1.165, 1.54) is 0 Å². The summed E-state index contributed by atoms with van der Waals surface area (Å²) in [5.74, 6) is 6.16. The number of ether oxygens (including phenoxy) is 8. The molecule has 8 aromatic carbocycles. The Labute approximate surface area is 583 Å². The molecule has 12 aromatic rings. The van der Waals surface area contributed by atoms with Crippen molar-refractivity contribution in [2.75, 3.05) is 52.9 Å². The predicted molar refractivity (Wildman–Crippen MR) is 405 cm³/mol. The number of aromatic amines is 2. The summed E-state index contributed by atoms with van der Waals surface area (Å²) in [7, 11) is 0. The van der Waals surface area contributed by atoms with Gasteiger partial charge in [0.05, 0.1) is 96.7 Å². The Morgan fingerprint density at radius 1 is 0.270 bits per heavy atom. The zero-order chi connectivity index (χ0) is 68.6. The Kier molecular flexibility index (Phi) is 20.6. The highest BCUT2D eigenvalue weighted by molar-refractivity contribution is 6.23. The van der Waals surface area contributed by atoms with Crippen LogP contribution in [0.3, 0.4) is 0 Å². The molecular weight excluding hydrogens is 1250 g/mol. The lowest BCUT2D eigenvalue weighted by molar-refractivity contribution is 0.308. The van der Waals surface area contributed by atoms with E-state index in [1.807, 2.05) is 36.4 Å². The topological polar surface area (TPSA) is 196 Å². The third-order valence-electron chi connectivity index (χ3n) is 18.9. The van der Waals surface area contributed by atoms with Gasteiger partial charge in [-0.2, -0.15) is 0 Å². The summed E-state index contributed by atoms with van der Waals surface area (Å²) in [6.45, 7) is 20.8. The van der Waals surface area contributed by atoms with Crippen molar-refractivity contribution in [3.8, 4) is 91.5 Å². The van der Waals surface area contributed by atoms with Crippen molar-refractivity contribution in [3.05, 3.63) is 103 Å². The summed E-state index contributed by atoms with van der Waals surface area (Å²) < 4.78 is 57.5. The first-order chi connectivity index (χ1) is 49.4. The Morgan fingerprint density at radius 3 is 0.860 bits per heavy atom. The number of hydrogen-bond acceptors (Lipinski definition) is 15. The zero-order valence-corrected chi connectivity index (χ0v) is 59.2. The maximum absolute atomic E-state index is 7.29. The van der Waals surface area contributed by atoms with Gasteiger partial charge in [-0.25, -0.2) is 29.9 Å². The second-order valence-corrected chi connectivity index (χ2v) is 26.1. The summed E-state index contributed by atoms with van der Waals surface area (Å²) in [5.41, 5.74) is 4.80. The molecule has 14 rings (SSSR count). The first-order valence-corrected chi connectivity index (χ1v) is 36.9. The van der Waals surface area contributed by atoms with Crippen LogP contribution in [0, 0.1) is 0 Å². The third-order valence-corrected chi connectivity index (χ3v) is 18.9. The summed E-state index contributed by atoms with van der Waals surface area (Å²) in [6, 6.07) is 33.4. The number of rotatable bonds is 32. The zero-order valence-electron chi connectivity index (χ0n) is 59.2. The van der Waals surface area contributed by atoms with Crippen molar-refractivity contribution < 1.29 is 37.9 Å². The Hall–Kier alpha value is -10.0. The van der Waals surface area contributed by atoms with E-state index >= 15 is 0 Å². The van der Waals surface area contributed by atoms with Crippen LogP contribution in [0.5, 0.6) is 46.0 Å². The highest BCUT2D eigenvalue weighted by Crippen LogP contribution is 2.56. The van der Waals surface area contributed by atoms with Gasteiger partial charge in [0, 0.05) is 43.9 Å². The fourth-order valence-corrected chi connectivity index (χ4v) is 13.6. The predicted octanol–water partition coefficient (Wildman–Crippen LogP) is 21.5. The Morgan fingerprint density at radius 2 is 0.530 bits per heavy atom. The molecule has 100 heavy (non-hydrogen) atoms. The maximum Gasteiger partial charge on any atom is 0.168 e. The molecule has 4 aromatic heterocycles. The minimum Gasteiger partial charge on any atom is -0.492 e. The van der Waals surface area contributed by atoms with Gasteiger partial charge in [-0.05, 0) is 86.4 Å². The van der Waals surface area contributed by atoms with Crippen molar-refractivity contribution in [1.29, 1.82) is 0 Å². The van der Waals surface area contributed by atoms with E-state index in [-0.39, 0.29) is 0 Å². The number of nitrogens with zero attached hydrogens (tertiary/aromatic N) is 7. The van der Waals surface area contributed by atoms with Gasteiger partial charge in [0.15, 0.2) is 29.0 Å². The monoisotopic (exact) mass is 1340 g/mol. The summed E-state index contributed by atoms with van der Waals surface area (Å²) in [5, 5.41) is 10.6. The van der Waals surface area contributed by atoms with Crippen LogP contribution >= 0.6 is 0 Å². The van der Waals surface area contributed by atoms with E-state index in [4.69, 9.17) is 72.8 Å². The molecule has 0 saturated heterocycles. The highest BCUT2D eigenvalue weighted by Gasteiger charge is 2.36. The van der Waals surface area contributed by atoms with E-state index in [0.717, 1.165) is 151 Å². The van der Waals surface area contributed by atoms with Gasteiger partial charge in [0.2, 0.25) is 0 Å². The summed E-state index contributed by atoms with van der Waals surface area (Å²) in [4.78, 5) is 47.8. The van der Waals surface area contributed by atoms with Gasteiger partial charge in [0.1, 0.15) is 68.4 Å². The number of unbranched alkanes of at least 4 members (excludes halogenated alkanes) is 8. The lowest BCUT2D eigenvalue weighted by Crippen LogP contribution is -2.04. The van der Waals surface area contributed by atoms with Crippen molar-refractivity contribution in [2.24, 2.45) is 0 Å². The smallest absolute Gasteiger partial charge is 0.168 e. The lowest BCUT2D eigenvalue weighted by Gasteiger charge is -2.19. The molecule has 17 heteroatoms. The molecule has 516 valence electrons. The van der Waals surface area contributed by atoms with Crippen LogP contribution in [0.15, 0.2) is 103 Å². The molecule has 0 atom stereocenters. The van der Waals surface area contributed by atoms with Crippen LogP contribution in [0.1, 0.15) is 158 Å². The van der Waals surface area contributed by atoms with E-state index in [2.05, 4.69) is 126 Å². The van der Waals surface area contributed by atoms with Gasteiger partial charge in [-0.3, -0.25) is 4.98 Å². The molecule has 2 N–H and O–H groups in total. The molecular formula is C83H91N9O8. The first kappa shape index (κ1) is 67.2. The number of hydrogen-bond donors (Lipinski definition) is 2. The molecule has 0 saturated carbocycles. The van der Waals surface area contributed by atoms with E-state index in [0.29, 0.717) is 194 Å². The van der Waals surface area contributed by atoms with Gasteiger partial charge in [0.25, 0.3) is 0 Å². The molecule has 0 fully saturated rings. The van der Waals surface area contributed by atoms with E-state index in [1.54, 1.807) is 6.20 Å². The number of fused-ring (bicyclic) bond motifs is 25. The quantitative estimate of drug-likeness (QED) is 0.0298. The highest BCUT2D eigenvalue weighted by atomic mass is 16.5. The van der Waals surface area contributed by atoms with Crippen LogP contribution in [-0.2, 0) is 0 Å². The maximum atomic E-state index is 7.29. The van der Waals surface area contributed by atoms with Crippen molar-refractivity contribution in [3.63, 3.8) is 0 Å². The number of benzene rings is 8. The van der Waals surface area contributed by atoms with Crippen LogP contribution in [0.25, 0.3) is 144 Å². The number of H-pyrrole nitrogens is 2. The van der Waals surface area contributed by atoms with Gasteiger partial charge in [-0.1, -0.05) is 180 Å². The van der Waals surface area contributed by atoms with Crippen molar-refractivity contribution in [1.82, 2.24) is 44.9 Å². The lowest BCUT2D eigenvalue weighted by atomic mass is 9.95. The number of pyridine rings is 1. The minimum atomic E-state index is 0.326. The number of nitrogens with one attached hydrogen (secondary N) is 2. The summed E-state index contributed by atoms with van der Waals surface area (Å²) >= 11 is 0. The first-order valence-electron chi connectivity index (χ1n) is 36.9. The Bertz CT molecular complexity index is 4890. The minimum absolute atomic E-state index is 0.326. The van der Waals surface area contributed by atoms with Gasteiger partial charge in [-0.15, -0.1) is 0 Å². The fraction of sp³-hybridized carbons (Fsp3) is 0.386. The normalized spacial score (nSPS) is 12.0. The van der Waals surface area contributed by atoms with Crippen LogP contribution in [0.2, 0.25) is 0 Å².